The maximum atomic E-state index is 12.9. The molecule has 1 aromatic carbocycles. The first kappa shape index (κ1) is 15.2. The van der Waals surface area contributed by atoms with Crippen LogP contribution in [0.4, 0.5) is 0 Å². The van der Waals surface area contributed by atoms with E-state index in [0.29, 0.717) is 11.4 Å². The predicted molar refractivity (Wildman–Crippen MR) is 87.3 cm³/mol. The highest BCUT2D eigenvalue weighted by Crippen LogP contribution is 2.25. The van der Waals surface area contributed by atoms with Gasteiger partial charge >= 0.3 is 0 Å². The van der Waals surface area contributed by atoms with Gasteiger partial charge in [-0.15, -0.1) is 0 Å². The molecular formula is C17H23N3O2. The molecule has 2 heterocycles. The Morgan fingerprint density at radius 2 is 2.09 bits per heavy atom. The van der Waals surface area contributed by atoms with Crippen LogP contribution in [0.15, 0.2) is 29.3 Å². The van der Waals surface area contributed by atoms with Gasteiger partial charge in [0.15, 0.2) is 0 Å². The van der Waals surface area contributed by atoms with Gasteiger partial charge < -0.3 is 4.74 Å². The number of rotatable bonds is 3. The SMILES string of the molecule is CO[C@H]1CN(C(C)C)C[C@@H]1n1cnc2c(C)cccc2c1=O. The van der Waals surface area contributed by atoms with E-state index >= 15 is 0 Å². The van der Waals surface area contributed by atoms with E-state index in [1.54, 1.807) is 18.0 Å². The molecule has 5 heteroatoms. The topological polar surface area (TPSA) is 47.4 Å². The number of hydrogen-bond donors (Lipinski definition) is 0. The van der Waals surface area contributed by atoms with Crippen molar-refractivity contribution in [2.45, 2.75) is 39.0 Å². The third-order valence-electron chi connectivity index (χ3n) is 4.67. The largest absolute Gasteiger partial charge is 0.378 e. The smallest absolute Gasteiger partial charge is 0.261 e. The van der Waals surface area contributed by atoms with Crippen LogP contribution in [0.5, 0.6) is 0 Å². The summed E-state index contributed by atoms with van der Waals surface area (Å²) in [5.41, 5.74) is 1.84. The van der Waals surface area contributed by atoms with Crippen molar-refractivity contribution in [3.8, 4) is 0 Å². The number of likely N-dealkylation sites (tertiary alicyclic amines) is 1. The third kappa shape index (κ3) is 2.44. The number of fused-ring (bicyclic) bond motifs is 1. The lowest BCUT2D eigenvalue weighted by Crippen LogP contribution is -2.33. The second kappa shape index (κ2) is 5.82. The van der Waals surface area contributed by atoms with Gasteiger partial charge in [0.1, 0.15) is 0 Å². The number of ether oxygens (including phenoxy) is 1. The van der Waals surface area contributed by atoms with Crippen molar-refractivity contribution in [1.29, 1.82) is 0 Å². The first-order chi connectivity index (χ1) is 10.5. The molecule has 0 unspecified atom stereocenters. The number of methoxy groups -OCH3 is 1. The fraction of sp³-hybridized carbons (Fsp3) is 0.529. The fourth-order valence-electron chi connectivity index (χ4n) is 3.26. The molecule has 0 aliphatic carbocycles. The van der Waals surface area contributed by atoms with Crippen molar-refractivity contribution in [1.82, 2.24) is 14.5 Å². The summed E-state index contributed by atoms with van der Waals surface area (Å²) < 4.78 is 7.37. The number of para-hydroxylation sites is 1. The van der Waals surface area contributed by atoms with E-state index < -0.39 is 0 Å². The summed E-state index contributed by atoms with van der Waals surface area (Å²) in [5.74, 6) is 0. The summed E-state index contributed by atoms with van der Waals surface area (Å²) in [6.45, 7) is 7.97. The highest BCUT2D eigenvalue weighted by molar-refractivity contribution is 5.80. The molecule has 0 radical (unpaired) electrons. The Hall–Kier alpha value is -1.72. The molecule has 22 heavy (non-hydrogen) atoms. The average Bonchev–Trinajstić information content (AvgIpc) is 2.93. The van der Waals surface area contributed by atoms with Crippen LogP contribution in [-0.2, 0) is 4.74 Å². The van der Waals surface area contributed by atoms with Crippen LogP contribution in [-0.4, -0.2) is 46.8 Å². The summed E-state index contributed by atoms with van der Waals surface area (Å²) >= 11 is 0. The van der Waals surface area contributed by atoms with Gasteiger partial charge in [0, 0.05) is 26.2 Å². The quantitative estimate of drug-likeness (QED) is 0.870. The minimum atomic E-state index is 0.0114. The molecule has 1 aromatic heterocycles. The average molecular weight is 301 g/mol. The lowest BCUT2D eigenvalue weighted by atomic mass is 10.1. The first-order valence-electron chi connectivity index (χ1n) is 7.76. The van der Waals surface area contributed by atoms with E-state index in [1.807, 2.05) is 25.1 Å². The summed E-state index contributed by atoms with van der Waals surface area (Å²) in [6.07, 6.45) is 1.70. The van der Waals surface area contributed by atoms with Crippen LogP contribution in [0.1, 0.15) is 25.5 Å². The van der Waals surface area contributed by atoms with Crippen molar-refractivity contribution in [2.75, 3.05) is 20.2 Å². The summed E-state index contributed by atoms with van der Waals surface area (Å²) in [5, 5.41) is 0.681. The van der Waals surface area contributed by atoms with Crippen molar-refractivity contribution in [3.63, 3.8) is 0 Å². The Morgan fingerprint density at radius 3 is 2.77 bits per heavy atom. The van der Waals surface area contributed by atoms with E-state index in [2.05, 4.69) is 23.7 Å². The number of benzene rings is 1. The van der Waals surface area contributed by atoms with Gasteiger partial charge in [-0.25, -0.2) is 4.98 Å². The molecule has 0 amide bonds. The van der Waals surface area contributed by atoms with Gasteiger partial charge in [-0.05, 0) is 32.4 Å². The Labute approximate surface area is 130 Å². The van der Waals surface area contributed by atoms with E-state index in [-0.39, 0.29) is 17.7 Å². The predicted octanol–water partition coefficient (Wildman–Crippen LogP) is 1.99. The van der Waals surface area contributed by atoms with E-state index in [0.717, 1.165) is 24.2 Å². The van der Waals surface area contributed by atoms with E-state index in [1.165, 1.54) is 0 Å². The molecule has 1 aliphatic rings. The maximum Gasteiger partial charge on any atom is 0.261 e. The molecule has 1 aliphatic heterocycles. The summed E-state index contributed by atoms with van der Waals surface area (Å²) in [4.78, 5) is 19.7. The molecule has 0 N–H and O–H groups in total. The standard InChI is InChI=1S/C17H23N3O2/c1-11(2)19-8-14(15(9-19)22-4)20-10-18-16-12(3)6-5-7-13(16)17(20)21/h5-7,10-11,14-15H,8-9H2,1-4H3/t14-,15-/m0/s1. The Kier molecular flexibility index (Phi) is 4.02. The second-order valence-corrected chi connectivity index (χ2v) is 6.32. The van der Waals surface area contributed by atoms with E-state index in [9.17, 15) is 4.79 Å². The zero-order valence-corrected chi connectivity index (χ0v) is 13.6. The van der Waals surface area contributed by atoms with Crippen molar-refractivity contribution < 1.29 is 4.74 Å². The van der Waals surface area contributed by atoms with Crippen LogP contribution >= 0.6 is 0 Å². The number of aromatic nitrogens is 2. The van der Waals surface area contributed by atoms with Crippen LogP contribution in [0.25, 0.3) is 10.9 Å². The van der Waals surface area contributed by atoms with Gasteiger partial charge in [0.05, 0.1) is 29.4 Å². The van der Waals surface area contributed by atoms with Crippen molar-refractivity contribution in [2.24, 2.45) is 0 Å². The number of nitrogens with zero attached hydrogens (tertiary/aromatic N) is 3. The molecule has 118 valence electrons. The molecule has 2 atom stereocenters. The molecule has 0 spiro atoms. The summed E-state index contributed by atoms with van der Waals surface area (Å²) in [6, 6.07) is 6.19. The minimum absolute atomic E-state index is 0.0114. The summed E-state index contributed by atoms with van der Waals surface area (Å²) in [7, 11) is 1.71. The van der Waals surface area contributed by atoms with Gasteiger partial charge in [-0.3, -0.25) is 14.3 Å². The van der Waals surface area contributed by atoms with E-state index in [4.69, 9.17) is 4.74 Å². The molecule has 1 saturated heterocycles. The minimum Gasteiger partial charge on any atom is -0.378 e. The maximum absolute atomic E-state index is 12.9. The highest BCUT2D eigenvalue weighted by atomic mass is 16.5. The van der Waals surface area contributed by atoms with Gasteiger partial charge in [-0.2, -0.15) is 0 Å². The fourth-order valence-corrected chi connectivity index (χ4v) is 3.26. The van der Waals surface area contributed by atoms with Gasteiger partial charge in [0.25, 0.3) is 5.56 Å². The zero-order valence-electron chi connectivity index (χ0n) is 13.6. The first-order valence-corrected chi connectivity index (χ1v) is 7.76. The molecular weight excluding hydrogens is 278 g/mol. The van der Waals surface area contributed by atoms with Gasteiger partial charge in [-0.1, -0.05) is 12.1 Å². The third-order valence-corrected chi connectivity index (χ3v) is 4.67. The Balaban J connectivity index is 2.06. The van der Waals surface area contributed by atoms with Gasteiger partial charge in [0.2, 0.25) is 0 Å². The molecule has 3 rings (SSSR count). The normalized spacial score (nSPS) is 22.8. The molecule has 2 aromatic rings. The highest BCUT2D eigenvalue weighted by Gasteiger charge is 2.36. The number of hydrogen-bond acceptors (Lipinski definition) is 4. The zero-order chi connectivity index (χ0) is 15.9. The molecule has 0 bridgehead atoms. The molecule has 1 fully saturated rings. The van der Waals surface area contributed by atoms with Crippen LogP contribution in [0.2, 0.25) is 0 Å². The Morgan fingerprint density at radius 1 is 1.32 bits per heavy atom. The van der Waals surface area contributed by atoms with Crippen LogP contribution in [0.3, 0.4) is 0 Å². The Bertz CT molecular complexity index is 738. The lowest BCUT2D eigenvalue weighted by molar-refractivity contribution is 0.0787. The van der Waals surface area contributed by atoms with Crippen LogP contribution < -0.4 is 5.56 Å². The van der Waals surface area contributed by atoms with Crippen molar-refractivity contribution in [3.05, 3.63) is 40.4 Å². The van der Waals surface area contributed by atoms with Crippen molar-refractivity contribution >= 4 is 10.9 Å². The van der Waals surface area contributed by atoms with Crippen LogP contribution in [0, 0.1) is 6.92 Å². The monoisotopic (exact) mass is 301 g/mol. The number of aryl methyl sites for hydroxylation is 1. The second-order valence-electron chi connectivity index (χ2n) is 6.32. The molecule has 5 nitrogen and oxygen atoms in total. The molecule has 0 saturated carbocycles. The lowest BCUT2D eigenvalue weighted by Gasteiger charge is -2.20.